The van der Waals surface area contributed by atoms with E-state index in [0.29, 0.717) is 5.11 Å². The molecule has 6 heteroatoms. The average Bonchev–Trinajstić information content (AvgIpc) is 2.51. The molecule has 0 radical (unpaired) electrons. The van der Waals surface area contributed by atoms with E-state index in [1.807, 2.05) is 27.1 Å². The number of hydrazone groups is 1. The Labute approximate surface area is 88.2 Å². The van der Waals surface area contributed by atoms with E-state index in [1.165, 1.54) is 0 Å². The molecule has 76 valence electrons. The number of hydrogen-bond acceptors (Lipinski definition) is 3. The van der Waals surface area contributed by atoms with Crippen LogP contribution in [-0.4, -0.2) is 40.5 Å². The molecule has 0 aliphatic heterocycles. The number of aromatic nitrogens is 2. The van der Waals surface area contributed by atoms with Gasteiger partial charge in [-0.15, -0.1) is 0 Å². The standard InChI is InChI=1S/C8H13N5S/c1-6-4-7(11-10-6)5-9-12-8(14)13(2)3/h4-5H,1-3H3,(H,10,11)(H,12,14)/b9-5+. The molecule has 0 aromatic carbocycles. The lowest BCUT2D eigenvalue weighted by molar-refractivity contribution is 0.606. The second-order valence-electron chi connectivity index (χ2n) is 3.05. The zero-order valence-corrected chi connectivity index (χ0v) is 9.22. The van der Waals surface area contributed by atoms with Gasteiger partial charge in [-0.3, -0.25) is 10.5 Å². The number of nitrogens with zero attached hydrogens (tertiary/aromatic N) is 3. The van der Waals surface area contributed by atoms with E-state index in [2.05, 4.69) is 20.7 Å². The zero-order valence-electron chi connectivity index (χ0n) is 8.40. The molecular weight excluding hydrogens is 198 g/mol. The van der Waals surface area contributed by atoms with Gasteiger partial charge in [0.2, 0.25) is 0 Å². The predicted molar refractivity (Wildman–Crippen MR) is 60.3 cm³/mol. The highest BCUT2D eigenvalue weighted by Gasteiger charge is 1.95. The maximum atomic E-state index is 4.97. The summed E-state index contributed by atoms with van der Waals surface area (Å²) in [6.45, 7) is 1.93. The molecule has 0 amide bonds. The number of H-pyrrole nitrogens is 1. The molecule has 2 N–H and O–H groups in total. The van der Waals surface area contributed by atoms with E-state index in [-0.39, 0.29) is 0 Å². The zero-order chi connectivity index (χ0) is 10.6. The van der Waals surface area contributed by atoms with Crippen molar-refractivity contribution >= 4 is 23.5 Å². The number of aryl methyl sites for hydroxylation is 1. The van der Waals surface area contributed by atoms with Gasteiger partial charge in [-0.05, 0) is 25.2 Å². The first-order valence-electron chi connectivity index (χ1n) is 4.12. The molecule has 0 unspecified atom stereocenters. The van der Waals surface area contributed by atoms with Crippen LogP contribution >= 0.6 is 12.2 Å². The Hall–Kier alpha value is -1.43. The molecular formula is C8H13N5S. The van der Waals surface area contributed by atoms with Gasteiger partial charge in [-0.1, -0.05) is 0 Å². The van der Waals surface area contributed by atoms with Crippen LogP contribution in [0.4, 0.5) is 0 Å². The summed E-state index contributed by atoms with van der Waals surface area (Å²) >= 11 is 4.97. The van der Waals surface area contributed by atoms with Crippen molar-refractivity contribution in [3.05, 3.63) is 17.5 Å². The highest BCUT2D eigenvalue weighted by molar-refractivity contribution is 7.80. The van der Waals surface area contributed by atoms with E-state index in [4.69, 9.17) is 12.2 Å². The third-order valence-electron chi connectivity index (χ3n) is 1.49. The Bertz CT molecular complexity index is 341. The molecule has 1 heterocycles. The second kappa shape index (κ2) is 4.71. The summed E-state index contributed by atoms with van der Waals surface area (Å²) in [5.74, 6) is 0. The molecule has 5 nitrogen and oxygen atoms in total. The van der Waals surface area contributed by atoms with Gasteiger partial charge in [-0.25, -0.2) is 0 Å². The lowest BCUT2D eigenvalue weighted by Crippen LogP contribution is -2.30. The maximum absolute atomic E-state index is 4.97. The molecule has 0 aliphatic carbocycles. The van der Waals surface area contributed by atoms with Crippen molar-refractivity contribution in [1.29, 1.82) is 0 Å². The van der Waals surface area contributed by atoms with Crippen LogP contribution in [0.15, 0.2) is 11.2 Å². The number of aromatic amines is 1. The first-order chi connectivity index (χ1) is 6.59. The van der Waals surface area contributed by atoms with Crippen LogP contribution in [0.1, 0.15) is 11.4 Å². The molecule has 0 spiro atoms. The van der Waals surface area contributed by atoms with Gasteiger partial charge in [0.05, 0.1) is 6.21 Å². The topological polar surface area (TPSA) is 56.3 Å². The van der Waals surface area contributed by atoms with Crippen molar-refractivity contribution in [2.45, 2.75) is 6.92 Å². The third-order valence-corrected chi connectivity index (χ3v) is 1.95. The largest absolute Gasteiger partial charge is 0.354 e. The molecule has 0 aliphatic rings. The highest BCUT2D eigenvalue weighted by Crippen LogP contribution is 1.92. The van der Waals surface area contributed by atoms with Crippen LogP contribution in [0.5, 0.6) is 0 Å². The predicted octanol–water partition coefficient (Wildman–Crippen LogP) is 0.488. The number of nitrogens with one attached hydrogen (secondary N) is 2. The fraction of sp³-hybridized carbons (Fsp3) is 0.375. The Balaban J connectivity index is 2.45. The summed E-state index contributed by atoms with van der Waals surface area (Å²) in [4.78, 5) is 1.77. The van der Waals surface area contributed by atoms with Crippen LogP contribution in [0.25, 0.3) is 0 Å². The SMILES string of the molecule is Cc1cc(/C=N/NC(=S)N(C)C)n[nH]1. The van der Waals surface area contributed by atoms with Gasteiger partial charge in [-0.2, -0.15) is 10.2 Å². The van der Waals surface area contributed by atoms with E-state index < -0.39 is 0 Å². The van der Waals surface area contributed by atoms with Gasteiger partial charge in [0.15, 0.2) is 5.11 Å². The quantitative estimate of drug-likeness (QED) is 0.424. The summed E-state index contributed by atoms with van der Waals surface area (Å²) in [5, 5.41) is 11.3. The first kappa shape index (κ1) is 10.6. The van der Waals surface area contributed by atoms with Gasteiger partial charge in [0, 0.05) is 19.8 Å². The van der Waals surface area contributed by atoms with Gasteiger partial charge >= 0.3 is 0 Å². The minimum absolute atomic E-state index is 0.563. The summed E-state index contributed by atoms with van der Waals surface area (Å²) < 4.78 is 0. The Morgan fingerprint density at radius 1 is 1.71 bits per heavy atom. The summed E-state index contributed by atoms with van der Waals surface area (Å²) in [7, 11) is 3.70. The fourth-order valence-electron chi connectivity index (χ4n) is 0.759. The average molecular weight is 211 g/mol. The Morgan fingerprint density at radius 3 is 2.93 bits per heavy atom. The van der Waals surface area contributed by atoms with Crippen LogP contribution in [0, 0.1) is 6.92 Å². The van der Waals surface area contributed by atoms with E-state index >= 15 is 0 Å². The van der Waals surface area contributed by atoms with Crippen molar-refractivity contribution < 1.29 is 0 Å². The molecule has 1 aromatic rings. The van der Waals surface area contributed by atoms with Crippen LogP contribution in [-0.2, 0) is 0 Å². The van der Waals surface area contributed by atoms with E-state index in [9.17, 15) is 0 Å². The van der Waals surface area contributed by atoms with Crippen LogP contribution < -0.4 is 5.43 Å². The van der Waals surface area contributed by atoms with E-state index in [1.54, 1.807) is 11.1 Å². The lowest BCUT2D eigenvalue weighted by Gasteiger charge is -2.11. The van der Waals surface area contributed by atoms with Crippen LogP contribution in [0.2, 0.25) is 0 Å². The van der Waals surface area contributed by atoms with E-state index in [0.717, 1.165) is 11.4 Å². The van der Waals surface area contributed by atoms with Crippen molar-refractivity contribution in [2.24, 2.45) is 5.10 Å². The summed E-state index contributed by atoms with van der Waals surface area (Å²) in [5.41, 5.74) is 4.49. The van der Waals surface area contributed by atoms with Gasteiger partial charge < -0.3 is 4.90 Å². The molecule has 0 saturated carbocycles. The fourth-order valence-corrected chi connectivity index (χ4v) is 0.812. The molecule has 0 saturated heterocycles. The minimum atomic E-state index is 0.563. The number of thiocarbonyl (C=S) groups is 1. The Kier molecular flexibility index (Phi) is 3.58. The normalized spacial score (nSPS) is 10.5. The van der Waals surface area contributed by atoms with Gasteiger partial charge in [0.1, 0.15) is 5.69 Å². The van der Waals surface area contributed by atoms with Crippen molar-refractivity contribution in [3.63, 3.8) is 0 Å². The number of hydrogen-bond donors (Lipinski definition) is 2. The molecule has 0 bridgehead atoms. The second-order valence-corrected chi connectivity index (χ2v) is 3.43. The monoisotopic (exact) mass is 211 g/mol. The summed E-state index contributed by atoms with van der Waals surface area (Å²) in [6, 6.07) is 1.89. The molecule has 0 fully saturated rings. The maximum Gasteiger partial charge on any atom is 0.189 e. The minimum Gasteiger partial charge on any atom is -0.354 e. The Morgan fingerprint density at radius 2 is 2.43 bits per heavy atom. The van der Waals surface area contributed by atoms with Gasteiger partial charge in [0.25, 0.3) is 0 Å². The first-order valence-corrected chi connectivity index (χ1v) is 4.53. The molecule has 1 rings (SSSR count). The molecule has 0 atom stereocenters. The lowest BCUT2D eigenvalue weighted by atomic mass is 10.4. The van der Waals surface area contributed by atoms with Crippen molar-refractivity contribution in [3.8, 4) is 0 Å². The smallest absolute Gasteiger partial charge is 0.189 e. The van der Waals surface area contributed by atoms with Crippen molar-refractivity contribution in [1.82, 2.24) is 20.5 Å². The molecule has 1 aromatic heterocycles. The van der Waals surface area contributed by atoms with Crippen molar-refractivity contribution in [2.75, 3.05) is 14.1 Å². The number of rotatable bonds is 2. The summed E-state index contributed by atoms with van der Waals surface area (Å²) in [6.07, 6.45) is 1.61. The molecule has 14 heavy (non-hydrogen) atoms. The highest BCUT2D eigenvalue weighted by atomic mass is 32.1. The van der Waals surface area contributed by atoms with Crippen LogP contribution in [0.3, 0.4) is 0 Å². The third kappa shape index (κ3) is 3.14.